The van der Waals surface area contributed by atoms with E-state index in [4.69, 9.17) is 4.74 Å². The van der Waals surface area contributed by atoms with E-state index >= 15 is 0 Å². The largest absolute Gasteiger partial charge is 0.496 e. The van der Waals surface area contributed by atoms with Crippen molar-refractivity contribution in [3.63, 3.8) is 0 Å². The lowest BCUT2D eigenvalue weighted by molar-refractivity contribution is 0.419. The zero-order valence-electron chi connectivity index (χ0n) is 13.6. The molecule has 1 N–H and O–H groups in total. The zero-order chi connectivity index (χ0) is 17.2. The molecule has 0 aliphatic rings. The van der Waals surface area contributed by atoms with Gasteiger partial charge < -0.3 is 4.74 Å². The lowest BCUT2D eigenvalue weighted by Crippen LogP contribution is -2.27. The average molecular weight is 341 g/mol. The van der Waals surface area contributed by atoms with Crippen LogP contribution in [0, 0.1) is 0 Å². The number of hydrogen-bond acceptors (Lipinski definition) is 3. The Morgan fingerprint density at radius 1 is 0.875 bits per heavy atom. The molecule has 0 fully saturated rings. The molecule has 124 valence electrons. The van der Waals surface area contributed by atoms with Crippen LogP contribution in [0.25, 0.3) is 10.8 Å². The summed E-state index contributed by atoms with van der Waals surface area (Å²) in [5.41, 5.74) is 0.916. The van der Waals surface area contributed by atoms with E-state index in [1.54, 1.807) is 25.3 Å². The second-order valence-electron chi connectivity index (χ2n) is 5.57. The van der Waals surface area contributed by atoms with E-state index in [-0.39, 0.29) is 10.9 Å². The molecule has 5 heteroatoms. The molecule has 0 amide bonds. The summed E-state index contributed by atoms with van der Waals surface area (Å²) in [5.74, 6) is 0.653. The van der Waals surface area contributed by atoms with Gasteiger partial charge in [0.2, 0.25) is 10.0 Å². The highest BCUT2D eigenvalue weighted by atomic mass is 32.2. The second-order valence-corrected chi connectivity index (χ2v) is 7.25. The second kappa shape index (κ2) is 6.63. The van der Waals surface area contributed by atoms with Crippen LogP contribution in [0.4, 0.5) is 0 Å². The minimum Gasteiger partial charge on any atom is -0.496 e. The van der Waals surface area contributed by atoms with Gasteiger partial charge in [-0.25, -0.2) is 13.1 Å². The molecule has 1 atom stereocenters. The normalized spacial score (nSPS) is 12.9. The molecule has 0 saturated heterocycles. The summed E-state index contributed by atoms with van der Waals surface area (Å²) in [4.78, 5) is 0.252. The van der Waals surface area contributed by atoms with Crippen LogP contribution < -0.4 is 9.46 Å². The Morgan fingerprint density at radius 2 is 1.50 bits per heavy atom. The average Bonchev–Trinajstić information content (AvgIpc) is 2.61. The van der Waals surface area contributed by atoms with Crippen molar-refractivity contribution in [3.8, 4) is 5.75 Å². The highest BCUT2D eigenvalue weighted by Crippen LogP contribution is 2.31. The number of fused-ring (bicyclic) bond motifs is 1. The van der Waals surface area contributed by atoms with Gasteiger partial charge in [-0.15, -0.1) is 0 Å². The molecule has 0 bridgehead atoms. The molecule has 24 heavy (non-hydrogen) atoms. The maximum atomic E-state index is 12.9. The summed E-state index contributed by atoms with van der Waals surface area (Å²) in [6, 6.07) is 19.8. The maximum absolute atomic E-state index is 12.9. The fourth-order valence-corrected chi connectivity index (χ4v) is 4.21. The van der Waals surface area contributed by atoms with Crippen LogP contribution >= 0.6 is 0 Å². The molecular formula is C19H19NO3S. The molecule has 3 aromatic rings. The van der Waals surface area contributed by atoms with Crippen LogP contribution in [0.3, 0.4) is 0 Å². The van der Waals surface area contributed by atoms with Gasteiger partial charge in [0.1, 0.15) is 5.75 Å². The van der Waals surface area contributed by atoms with Crippen LogP contribution in [0.15, 0.2) is 71.6 Å². The third kappa shape index (κ3) is 3.13. The van der Waals surface area contributed by atoms with Crippen LogP contribution in [-0.2, 0) is 10.0 Å². The van der Waals surface area contributed by atoms with E-state index < -0.39 is 10.0 Å². The Balaban J connectivity index is 2.03. The number of hydrogen-bond donors (Lipinski definition) is 1. The van der Waals surface area contributed by atoms with Crippen molar-refractivity contribution in [2.45, 2.75) is 17.9 Å². The van der Waals surface area contributed by atoms with Crippen molar-refractivity contribution in [1.82, 2.24) is 4.72 Å². The predicted molar refractivity (Wildman–Crippen MR) is 95.7 cm³/mol. The Bertz CT molecular complexity index is 953. The molecule has 3 aromatic carbocycles. The first-order valence-electron chi connectivity index (χ1n) is 7.66. The van der Waals surface area contributed by atoms with Gasteiger partial charge in [0, 0.05) is 16.8 Å². The first-order chi connectivity index (χ1) is 11.5. The molecule has 0 aliphatic heterocycles. The molecular weight excluding hydrogens is 322 g/mol. The summed E-state index contributed by atoms with van der Waals surface area (Å²) >= 11 is 0. The van der Waals surface area contributed by atoms with Gasteiger partial charge >= 0.3 is 0 Å². The summed E-state index contributed by atoms with van der Waals surface area (Å²) in [6.07, 6.45) is 0. The molecule has 4 nitrogen and oxygen atoms in total. The number of nitrogens with one attached hydrogen (secondary N) is 1. The van der Waals surface area contributed by atoms with Gasteiger partial charge in [-0.05, 0) is 24.6 Å². The molecule has 0 saturated carbocycles. The molecule has 0 heterocycles. The van der Waals surface area contributed by atoms with E-state index in [1.165, 1.54) is 0 Å². The monoisotopic (exact) mass is 341 g/mol. The van der Waals surface area contributed by atoms with Gasteiger partial charge in [-0.1, -0.05) is 54.6 Å². The number of sulfonamides is 1. The van der Waals surface area contributed by atoms with Gasteiger partial charge in [-0.2, -0.15) is 0 Å². The first-order valence-corrected chi connectivity index (χ1v) is 9.14. The van der Waals surface area contributed by atoms with Gasteiger partial charge in [0.25, 0.3) is 0 Å². The lowest BCUT2D eigenvalue weighted by Gasteiger charge is -2.16. The van der Waals surface area contributed by atoms with Crippen LogP contribution in [0.1, 0.15) is 18.5 Å². The van der Waals surface area contributed by atoms with Crippen molar-refractivity contribution in [2.75, 3.05) is 7.11 Å². The van der Waals surface area contributed by atoms with Gasteiger partial charge in [0.05, 0.1) is 12.0 Å². The maximum Gasteiger partial charge on any atom is 0.241 e. The quantitative estimate of drug-likeness (QED) is 0.766. The summed E-state index contributed by atoms with van der Waals surface area (Å²) in [5, 5.41) is 1.42. The molecule has 0 spiro atoms. The van der Waals surface area contributed by atoms with E-state index in [0.29, 0.717) is 11.1 Å². The predicted octanol–water partition coefficient (Wildman–Crippen LogP) is 3.89. The number of methoxy groups -OCH3 is 1. The number of rotatable bonds is 5. The molecule has 3 rings (SSSR count). The van der Waals surface area contributed by atoms with Crippen molar-refractivity contribution in [3.05, 3.63) is 72.3 Å². The fraction of sp³-hybridized carbons (Fsp3) is 0.158. The smallest absolute Gasteiger partial charge is 0.241 e. The van der Waals surface area contributed by atoms with Crippen LogP contribution in [-0.4, -0.2) is 15.5 Å². The lowest BCUT2D eigenvalue weighted by atomic mass is 10.1. The highest BCUT2D eigenvalue weighted by Gasteiger charge is 2.21. The minimum atomic E-state index is -3.66. The van der Waals surface area contributed by atoms with Crippen molar-refractivity contribution in [1.29, 1.82) is 0 Å². The van der Waals surface area contributed by atoms with Crippen molar-refractivity contribution in [2.24, 2.45) is 0 Å². The number of ether oxygens (including phenoxy) is 1. The Kier molecular flexibility index (Phi) is 4.55. The van der Waals surface area contributed by atoms with Crippen LogP contribution in [0.2, 0.25) is 0 Å². The van der Waals surface area contributed by atoms with E-state index in [1.807, 2.05) is 55.5 Å². The standard InChI is InChI=1S/C19H19NO3S/c1-14(15-8-4-3-5-9-15)20-24(21,22)19-13-12-18(23-2)16-10-6-7-11-17(16)19/h3-14,20H,1-2H3/t14-/m1/s1. The summed E-state index contributed by atoms with van der Waals surface area (Å²) in [6.45, 7) is 1.83. The molecule has 0 radical (unpaired) electrons. The van der Waals surface area contributed by atoms with E-state index in [0.717, 1.165) is 10.9 Å². The molecule has 0 aliphatic carbocycles. The van der Waals surface area contributed by atoms with Crippen molar-refractivity contribution >= 4 is 20.8 Å². The van der Waals surface area contributed by atoms with Gasteiger partial charge in [0.15, 0.2) is 0 Å². The number of benzene rings is 3. The Morgan fingerprint density at radius 3 is 2.17 bits per heavy atom. The SMILES string of the molecule is COc1ccc(S(=O)(=O)N[C@H](C)c2ccccc2)c2ccccc12. The van der Waals surface area contributed by atoms with E-state index in [2.05, 4.69) is 4.72 Å². The van der Waals surface area contributed by atoms with Gasteiger partial charge in [-0.3, -0.25) is 0 Å². The third-order valence-electron chi connectivity index (χ3n) is 3.98. The zero-order valence-corrected chi connectivity index (χ0v) is 14.4. The first kappa shape index (κ1) is 16.5. The highest BCUT2D eigenvalue weighted by molar-refractivity contribution is 7.89. The third-order valence-corrected chi connectivity index (χ3v) is 5.58. The van der Waals surface area contributed by atoms with Crippen LogP contribution in [0.5, 0.6) is 5.75 Å². The minimum absolute atomic E-state index is 0.252. The molecule has 0 aromatic heterocycles. The Hall–Kier alpha value is -2.37. The van der Waals surface area contributed by atoms with E-state index in [9.17, 15) is 8.42 Å². The summed E-state index contributed by atoms with van der Waals surface area (Å²) < 4.78 is 33.8. The fourth-order valence-electron chi connectivity index (χ4n) is 2.76. The Labute approximate surface area is 142 Å². The topological polar surface area (TPSA) is 55.4 Å². The summed E-state index contributed by atoms with van der Waals surface area (Å²) in [7, 11) is -2.09. The van der Waals surface area contributed by atoms with Crippen molar-refractivity contribution < 1.29 is 13.2 Å². The molecule has 0 unspecified atom stereocenters.